The number of benzene rings is 1. The van der Waals surface area contributed by atoms with E-state index in [2.05, 4.69) is 5.32 Å². The molecule has 114 valence electrons. The van der Waals surface area contributed by atoms with Crippen LogP contribution in [0.4, 0.5) is 5.69 Å². The number of halogens is 2. The van der Waals surface area contributed by atoms with Gasteiger partial charge in [-0.05, 0) is 18.9 Å². The zero-order valence-corrected chi connectivity index (χ0v) is 12.6. The summed E-state index contributed by atoms with van der Waals surface area (Å²) >= 11 is 11.6. The van der Waals surface area contributed by atoms with E-state index in [9.17, 15) is 20.0 Å². The van der Waals surface area contributed by atoms with E-state index in [1.165, 1.54) is 6.07 Å². The van der Waals surface area contributed by atoms with Gasteiger partial charge in [0.15, 0.2) is 0 Å². The second kappa shape index (κ2) is 6.17. The van der Waals surface area contributed by atoms with E-state index in [4.69, 9.17) is 23.2 Å². The van der Waals surface area contributed by atoms with E-state index in [1.807, 2.05) is 0 Å². The monoisotopic (exact) mass is 332 g/mol. The number of carbonyl (C=O) groups is 1. The number of carbonyl (C=O) groups excluding carboxylic acids is 1. The molecule has 0 saturated heterocycles. The van der Waals surface area contributed by atoms with Gasteiger partial charge in [-0.2, -0.15) is 0 Å². The molecular weight excluding hydrogens is 319 g/mol. The highest BCUT2D eigenvalue weighted by atomic mass is 35.5. The lowest BCUT2D eigenvalue weighted by Crippen LogP contribution is -2.49. The molecule has 0 aromatic heterocycles. The van der Waals surface area contributed by atoms with Crippen molar-refractivity contribution < 1.29 is 14.8 Å². The molecule has 1 aliphatic rings. The fraction of sp³-hybridized carbons (Fsp3) is 0.462. The van der Waals surface area contributed by atoms with Crippen molar-refractivity contribution in [1.82, 2.24) is 5.32 Å². The second-order valence-corrected chi connectivity index (χ2v) is 5.93. The molecule has 1 amide bonds. The van der Waals surface area contributed by atoms with Crippen LogP contribution < -0.4 is 5.32 Å². The summed E-state index contributed by atoms with van der Waals surface area (Å²) in [5, 5.41) is 22.9. The van der Waals surface area contributed by atoms with Crippen molar-refractivity contribution in [2.24, 2.45) is 0 Å². The SMILES string of the molecule is O=C(NC1(CO)CCCC1)c1cc(Cl)c(Cl)c([N+](=O)[O-])c1. The lowest BCUT2D eigenvalue weighted by molar-refractivity contribution is -0.384. The summed E-state index contributed by atoms with van der Waals surface area (Å²) < 4.78 is 0. The van der Waals surface area contributed by atoms with Crippen LogP contribution in [0.25, 0.3) is 0 Å². The maximum absolute atomic E-state index is 12.3. The summed E-state index contributed by atoms with van der Waals surface area (Å²) in [5.74, 6) is -0.507. The second-order valence-electron chi connectivity index (χ2n) is 5.15. The summed E-state index contributed by atoms with van der Waals surface area (Å²) in [6.45, 7) is -0.165. The first-order valence-corrected chi connectivity index (χ1v) is 7.21. The van der Waals surface area contributed by atoms with Gasteiger partial charge in [0, 0.05) is 11.6 Å². The molecule has 21 heavy (non-hydrogen) atoms. The van der Waals surface area contributed by atoms with Crippen molar-refractivity contribution in [2.45, 2.75) is 31.2 Å². The van der Waals surface area contributed by atoms with Crippen LogP contribution in [-0.4, -0.2) is 28.1 Å². The molecule has 1 aromatic carbocycles. The lowest BCUT2D eigenvalue weighted by Gasteiger charge is -2.28. The fourth-order valence-electron chi connectivity index (χ4n) is 2.53. The maximum Gasteiger partial charge on any atom is 0.290 e. The molecule has 6 nitrogen and oxygen atoms in total. The summed E-state index contributed by atoms with van der Waals surface area (Å²) in [6, 6.07) is 2.37. The first kappa shape index (κ1) is 16.0. The van der Waals surface area contributed by atoms with Gasteiger partial charge in [0.25, 0.3) is 11.6 Å². The van der Waals surface area contributed by atoms with Crippen molar-refractivity contribution in [1.29, 1.82) is 0 Å². The van der Waals surface area contributed by atoms with Crippen LogP contribution in [0.3, 0.4) is 0 Å². The molecule has 1 fully saturated rings. The summed E-state index contributed by atoms with van der Waals surface area (Å²) in [4.78, 5) is 22.5. The molecule has 2 N–H and O–H groups in total. The number of nitro groups is 1. The minimum absolute atomic E-state index is 0.0517. The highest BCUT2D eigenvalue weighted by molar-refractivity contribution is 6.43. The molecule has 0 aliphatic heterocycles. The largest absolute Gasteiger partial charge is 0.394 e. The fourth-order valence-corrected chi connectivity index (χ4v) is 2.92. The third kappa shape index (κ3) is 3.28. The molecule has 1 aromatic rings. The number of nitro benzene ring substituents is 1. The Labute approximate surface area is 131 Å². The molecule has 0 unspecified atom stereocenters. The number of amides is 1. The van der Waals surface area contributed by atoms with Crippen molar-refractivity contribution in [2.75, 3.05) is 6.61 Å². The van der Waals surface area contributed by atoms with Gasteiger partial charge in [-0.3, -0.25) is 14.9 Å². The Balaban J connectivity index is 2.29. The van der Waals surface area contributed by atoms with Crippen LogP contribution in [0.5, 0.6) is 0 Å². The van der Waals surface area contributed by atoms with Gasteiger partial charge in [-0.1, -0.05) is 36.0 Å². The zero-order valence-electron chi connectivity index (χ0n) is 11.1. The number of nitrogens with one attached hydrogen (secondary N) is 1. The van der Waals surface area contributed by atoms with Gasteiger partial charge in [0.2, 0.25) is 0 Å². The van der Waals surface area contributed by atoms with Gasteiger partial charge < -0.3 is 10.4 Å². The quantitative estimate of drug-likeness (QED) is 0.654. The van der Waals surface area contributed by atoms with Crippen LogP contribution in [0.2, 0.25) is 10.0 Å². The molecule has 2 rings (SSSR count). The molecule has 1 saturated carbocycles. The van der Waals surface area contributed by atoms with Gasteiger partial charge in [-0.15, -0.1) is 0 Å². The molecule has 0 heterocycles. The van der Waals surface area contributed by atoms with Crippen LogP contribution in [0, 0.1) is 10.1 Å². The number of hydrogen-bond donors (Lipinski definition) is 2. The smallest absolute Gasteiger partial charge is 0.290 e. The first-order valence-electron chi connectivity index (χ1n) is 6.45. The molecule has 0 atom stereocenters. The minimum Gasteiger partial charge on any atom is -0.394 e. The molecule has 0 spiro atoms. The highest BCUT2D eigenvalue weighted by Crippen LogP contribution is 2.34. The number of nitrogens with zero attached hydrogens (tertiary/aromatic N) is 1. The molecule has 8 heteroatoms. The van der Waals surface area contributed by atoms with Crippen molar-refractivity contribution in [3.8, 4) is 0 Å². The Morgan fingerprint density at radius 2 is 2.00 bits per heavy atom. The Kier molecular flexibility index (Phi) is 4.70. The summed E-state index contributed by atoms with van der Waals surface area (Å²) in [7, 11) is 0. The maximum atomic E-state index is 12.3. The number of aliphatic hydroxyl groups is 1. The lowest BCUT2D eigenvalue weighted by atomic mass is 9.98. The molecule has 1 aliphatic carbocycles. The molecular formula is C13H14Cl2N2O4. The first-order chi connectivity index (χ1) is 9.88. The van der Waals surface area contributed by atoms with Crippen molar-refractivity contribution in [3.05, 3.63) is 37.9 Å². The average Bonchev–Trinajstić information content (AvgIpc) is 2.90. The van der Waals surface area contributed by atoms with E-state index in [-0.39, 0.29) is 22.2 Å². The Morgan fingerprint density at radius 3 is 2.52 bits per heavy atom. The van der Waals surface area contributed by atoms with Crippen LogP contribution in [0.15, 0.2) is 12.1 Å². The van der Waals surface area contributed by atoms with E-state index < -0.39 is 22.1 Å². The average molecular weight is 333 g/mol. The van der Waals surface area contributed by atoms with Gasteiger partial charge in [0.05, 0.1) is 22.1 Å². The Hall–Kier alpha value is -1.37. The Bertz CT molecular complexity index is 586. The highest BCUT2D eigenvalue weighted by Gasteiger charge is 2.35. The Morgan fingerprint density at radius 1 is 1.38 bits per heavy atom. The van der Waals surface area contributed by atoms with Crippen LogP contribution in [0.1, 0.15) is 36.0 Å². The summed E-state index contributed by atoms with van der Waals surface area (Å²) in [6.07, 6.45) is 3.20. The van der Waals surface area contributed by atoms with Crippen molar-refractivity contribution in [3.63, 3.8) is 0 Å². The minimum atomic E-state index is -0.692. The number of aliphatic hydroxyl groups excluding tert-OH is 1. The van der Waals surface area contributed by atoms with E-state index in [0.29, 0.717) is 12.8 Å². The third-order valence-corrected chi connectivity index (χ3v) is 4.50. The van der Waals surface area contributed by atoms with E-state index >= 15 is 0 Å². The van der Waals surface area contributed by atoms with Gasteiger partial charge in [0.1, 0.15) is 5.02 Å². The van der Waals surface area contributed by atoms with Gasteiger partial charge >= 0.3 is 0 Å². The third-order valence-electron chi connectivity index (χ3n) is 3.71. The number of rotatable bonds is 4. The topological polar surface area (TPSA) is 92.5 Å². The normalized spacial score (nSPS) is 16.7. The number of hydrogen-bond acceptors (Lipinski definition) is 4. The van der Waals surface area contributed by atoms with E-state index in [1.54, 1.807) is 0 Å². The van der Waals surface area contributed by atoms with Gasteiger partial charge in [-0.25, -0.2) is 0 Å². The van der Waals surface area contributed by atoms with Crippen LogP contribution >= 0.6 is 23.2 Å². The standard InChI is InChI=1S/C13H14Cl2N2O4/c14-9-5-8(6-10(11(9)15)17(20)21)12(19)16-13(7-18)3-1-2-4-13/h5-6,18H,1-4,7H2,(H,16,19). The zero-order chi connectivity index (χ0) is 15.6. The molecule has 0 bridgehead atoms. The predicted octanol–water partition coefficient (Wildman–Crippen LogP) is 2.94. The molecule has 0 radical (unpaired) electrons. The van der Waals surface area contributed by atoms with Crippen molar-refractivity contribution >= 4 is 34.8 Å². The van der Waals surface area contributed by atoms with E-state index in [0.717, 1.165) is 18.9 Å². The summed E-state index contributed by atoms with van der Waals surface area (Å²) in [5.41, 5.74) is -1.02. The predicted molar refractivity (Wildman–Crippen MR) is 78.9 cm³/mol. The van der Waals surface area contributed by atoms with Crippen LogP contribution in [-0.2, 0) is 0 Å².